The number of carbonyl (C=O) groups is 1. The van der Waals surface area contributed by atoms with Crippen molar-refractivity contribution >= 4 is 40.0 Å². The molecule has 40 heavy (non-hydrogen) atoms. The number of unbranched alkanes of at least 4 members (excludes halogenated alkanes) is 1. The SMILES string of the molecule is CC(C)c1cccc(C(C)C)c1NC(=O)Nc1c(-c2cccc(OCCCCCl)c2)c2cccnc2n(C)c1=O. The summed E-state index contributed by atoms with van der Waals surface area (Å²) in [6.07, 6.45) is 3.36. The summed E-state index contributed by atoms with van der Waals surface area (Å²) in [5.41, 5.74) is 4.53. The lowest BCUT2D eigenvalue weighted by atomic mass is 9.93. The van der Waals surface area contributed by atoms with E-state index < -0.39 is 6.03 Å². The molecule has 0 radical (unpaired) electrons. The van der Waals surface area contributed by atoms with Gasteiger partial charge in [0, 0.05) is 35.8 Å². The molecule has 2 heterocycles. The first kappa shape index (κ1) is 29.2. The molecule has 8 heteroatoms. The van der Waals surface area contributed by atoms with Crippen LogP contribution in [0.1, 0.15) is 63.5 Å². The van der Waals surface area contributed by atoms with E-state index in [1.165, 1.54) is 4.57 Å². The highest BCUT2D eigenvalue weighted by Crippen LogP contribution is 2.36. The molecule has 0 atom stereocenters. The molecule has 0 aliphatic heterocycles. The summed E-state index contributed by atoms with van der Waals surface area (Å²) in [4.78, 5) is 31.7. The second-order valence-electron chi connectivity index (χ2n) is 10.5. The Balaban J connectivity index is 1.79. The van der Waals surface area contributed by atoms with Crippen molar-refractivity contribution in [2.24, 2.45) is 7.05 Å². The van der Waals surface area contributed by atoms with Crippen molar-refractivity contribution in [1.29, 1.82) is 0 Å². The topological polar surface area (TPSA) is 85.2 Å². The molecule has 0 fully saturated rings. The number of hydrogen-bond donors (Lipinski definition) is 2. The average Bonchev–Trinajstić information content (AvgIpc) is 2.94. The molecule has 0 saturated carbocycles. The minimum atomic E-state index is -0.481. The second kappa shape index (κ2) is 13.0. The van der Waals surface area contributed by atoms with Crippen LogP contribution in [0.25, 0.3) is 22.2 Å². The van der Waals surface area contributed by atoms with Gasteiger partial charge in [0.15, 0.2) is 0 Å². The molecule has 0 saturated heterocycles. The predicted molar refractivity (Wildman–Crippen MR) is 165 cm³/mol. The predicted octanol–water partition coefficient (Wildman–Crippen LogP) is 7.89. The van der Waals surface area contributed by atoms with Gasteiger partial charge in [-0.25, -0.2) is 9.78 Å². The Morgan fingerprint density at radius 1 is 0.950 bits per heavy atom. The summed E-state index contributed by atoms with van der Waals surface area (Å²) in [6, 6.07) is 16.9. The van der Waals surface area contributed by atoms with E-state index in [1.54, 1.807) is 13.2 Å². The summed E-state index contributed by atoms with van der Waals surface area (Å²) in [5.74, 6) is 1.67. The van der Waals surface area contributed by atoms with Gasteiger partial charge in [0.25, 0.3) is 5.56 Å². The van der Waals surface area contributed by atoms with Crippen LogP contribution in [0.4, 0.5) is 16.2 Å². The third-order valence-electron chi connectivity index (χ3n) is 6.91. The number of nitrogens with zero attached hydrogens (tertiary/aromatic N) is 2. The number of benzene rings is 2. The normalized spacial score (nSPS) is 11.3. The third kappa shape index (κ3) is 6.31. The van der Waals surface area contributed by atoms with E-state index in [1.807, 2.05) is 54.6 Å². The van der Waals surface area contributed by atoms with Gasteiger partial charge in [-0.15, -0.1) is 11.6 Å². The number of carbonyl (C=O) groups excluding carboxylic acids is 1. The van der Waals surface area contributed by atoms with Crippen LogP contribution in [-0.2, 0) is 7.05 Å². The molecule has 4 aromatic rings. The van der Waals surface area contributed by atoms with Crippen LogP contribution < -0.4 is 20.9 Å². The second-order valence-corrected chi connectivity index (χ2v) is 10.8. The Hall–Kier alpha value is -3.84. The van der Waals surface area contributed by atoms with E-state index in [4.69, 9.17) is 16.3 Å². The minimum absolute atomic E-state index is 0.174. The van der Waals surface area contributed by atoms with Gasteiger partial charge in [-0.1, -0.05) is 58.0 Å². The summed E-state index contributed by atoms with van der Waals surface area (Å²) >= 11 is 5.80. The zero-order valence-corrected chi connectivity index (χ0v) is 24.5. The fourth-order valence-electron chi connectivity index (χ4n) is 4.86. The maximum atomic E-state index is 13.7. The Morgan fingerprint density at radius 3 is 2.30 bits per heavy atom. The lowest BCUT2D eigenvalue weighted by Gasteiger charge is -2.21. The standard InChI is InChI=1S/C32H37ClN4O3/c1-20(2)24-13-9-14-25(21(3)4)28(24)35-32(39)36-29-27(26-15-10-17-34-30(26)37(5)31(29)38)22-11-8-12-23(19-22)40-18-7-6-16-33/h8-15,17,19-21H,6-7,16,18H2,1-5H3,(H2,35,36,39). The number of rotatable bonds is 10. The maximum absolute atomic E-state index is 13.7. The van der Waals surface area contributed by atoms with Crippen LogP contribution >= 0.6 is 11.6 Å². The van der Waals surface area contributed by atoms with Crippen LogP contribution in [0.2, 0.25) is 0 Å². The summed E-state index contributed by atoms with van der Waals surface area (Å²) in [7, 11) is 1.66. The molecule has 0 aliphatic carbocycles. The quantitative estimate of drug-likeness (QED) is 0.152. The number of alkyl halides is 1. The van der Waals surface area contributed by atoms with Crippen LogP contribution in [0, 0.1) is 0 Å². The van der Waals surface area contributed by atoms with E-state index in [-0.39, 0.29) is 23.1 Å². The summed E-state index contributed by atoms with van der Waals surface area (Å²) < 4.78 is 7.41. The number of fused-ring (bicyclic) bond motifs is 1. The van der Waals surface area contributed by atoms with Gasteiger partial charge in [-0.3, -0.25) is 9.36 Å². The van der Waals surface area contributed by atoms with Crippen molar-refractivity contribution in [2.75, 3.05) is 23.1 Å². The number of halogens is 1. The zero-order chi connectivity index (χ0) is 28.8. The van der Waals surface area contributed by atoms with Crippen molar-refractivity contribution in [3.05, 3.63) is 82.3 Å². The molecule has 4 rings (SSSR count). The zero-order valence-electron chi connectivity index (χ0n) is 23.8. The molecule has 0 unspecified atom stereocenters. The van der Waals surface area contributed by atoms with E-state index in [2.05, 4.69) is 43.3 Å². The number of ether oxygens (including phenoxy) is 1. The van der Waals surface area contributed by atoms with Gasteiger partial charge < -0.3 is 15.4 Å². The van der Waals surface area contributed by atoms with Crippen LogP contribution in [0.3, 0.4) is 0 Å². The molecule has 0 bridgehead atoms. The number of aryl methyl sites for hydroxylation is 1. The molecule has 2 N–H and O–H groups in total. The number of urea groups is 1. The molecular formula is C32H37ClN4O3. The molecular weight excluding hydrogens is 524 g/mol. The van der Waals surface area contributed by atoms with E-state index in [9.17, 15) is 9.59 Å². The van der Waals surface area contributed by atoms with Crippen molar-refractivity contribution in [1.82, 2.24) is 9.55 Å². The molecule has 0 spiro atoms. The van der Waals surface area contributed by atoms with E-state index in [0.29, 0.717) is 29.4 Å². The minimum Gasteiger partial charge on any atom is -0.494 e. The molecule has 2 amide bonds. The van der Waals surface area contributed by atoms with Gasteiger partial charge in [0.05, 0.1) is 6.61 Å². The number of aromatic nitrogens is 2. The fourth-order valence-corrected chi connectivity index (χ4v) is 5.05. The van der Waals surface area contributed by atoms with E-state index >= 15 is 0 Å². The van der Waals surface area contributed by atoms with Crippen molar-refractivity contribution in [3.8, 4) is 16.9 Å². The lowest BCUT2D eigenvalue weighted by Crippen LogP contribution is -2.29. The van der Waals surface area contributed by atoms with Gasteiger partial charge >= 0.3 is 6.03 Å². The monoisotopic (exact) mass is 560 g/mol. The average molecular weight is 561 g/mol. The molecule has 7 nitrogen and oxygen atoms in total. The maximum Gasteiger partial charge on any atom is 0.323 e. The van der Waals surface area contributed by atoms with Gasteiger partial charge in [0.1, 0.15) is 17.1 Å². The van der Waals surface area contributed by atoms with Crippen LogP contribution in [-0.4, -0.2) is 28.1 Å². The summed E-state index contributed by atoms with van der Waals surface area (Å²) in [5, 5.41) is 6.71. The van der Waals surface area contributed by atoms with Gasteiger partial charge in [-0.05, 0) is 65.6 Å². The molecule has 210 valence electrons. The van der Waals surface area contributed by atoms with Crippen molar-refractivity contribution in [3.63, 3.8) is 0 Å². The highest BCUT2D eigenvalue weighted by Gasteiger charge is 2.22. The fraction of sp³-hybridized carbons (Fsp3) is 0.344. The Morgan fingerprint density at radius 2 is 1.62 bits per heavy atom. The molecule has 2 aromatic carbocycles. The Bertz CT molecular complexity index is 1540. The number of pyridine rings is 2. The molecule has 2 aromatic heterocycles. The number of anilines is 2. The van der Waals surface area contributed by atoms with E-state index in [0.717, 1.165) is 40.6 Å². The highest BCUT2D eigenvalue weighted by molar-refractivity contribution is 6.17. The Labute approximate surface area is 240 Å². The summed E-state index contributed by atoms with van der Waals surface area (Å²) in [6.45, 7) is 8.92. The van der Waals surface area contributed by atoms with Gasteiger partial charge in [0.2, 0.25) is 0 Å². The number of nitrogens with one attached hydrogen (secondary N) is 2. The van der Waals surface area contributed by atoms with Crippen molar-refractivity contribution in [2.45, 2.75) is 52.4 Å². The first-order chi connectivity index (χ1) is 19.2. The van der Waals surface area contributed by atoms with Crippen molar-refractivity contribution < 1.29 is 9.53 Å². The first-order valence-electron chi connectivity index (χ1n) is 13.7. The molecule has 0 aliphatic rings. The van der Waals surface area contributed by atoms with Crippen LogP contribution in [0.5, 0.6) is 5.75 Å². The number of para-hydroxylation sites is 1. The van der Waals surface area contributed by atoms with Crippen LogP contribution in [0.15, 0.2) is 65.6 Å². The smallest absolute Gasteiger partial charge is 0.323 e. The Kier molecular flexibility index (Phi) is 9.48. The number of amides is 2. The third-order valence-corrected chi connectivity index (χ3v) is 7.18. The highest BCUT2D eigenvalue weighted by atomic mass is 35.5. The van der Waals surface area contributed by atoms with Gasteiger partial charge in [-0.2, -0.15) is 0 Å². The largest absolute Gasteiger partial charge is 0.494 e. The first-order valence-corrected chi connectivity index (χ1v) is 14.2. The number of hydrogen-bond acceptors (Lipinski definition) is 4. The lowest BCUT2D eigenvalue weighted by molar-refractivity contribution is 0.262.